The molecule has 25 heavy (non-hydrogen) atoms. The second-order valence-electron chi connectivity index (χ2n) is 6.03. The molecule has 7 heteroatoms. The quantitative estimate of drug-likeness (QED) is 0.826. The fourth-order valence-corrected chi connectivity index (χ4v) is 3.70. The van der Waals surface area contributed by atoms with Crippen molar-refractivity contribution in [3.63, 3.8) is 0 Å². The number of anilines is 1. The first kappa shape index (κ1) is 18.9. The monoisotopic (exact) mass is 364 g/mol. The lowest BCUT2D eigenvalue weighted by Gasteiger charge is -2.14. The molecular formula is C18H21FN2O3S. The van der Waals surface area contributed by atoms with Crippen molar-refractivity contribution in [3.05, 3.63) is 53.8 Å². The van der Waals surface area contributed by atoms with E-state index in [1.54, 1.807) is 12.1 Å². The zero-order valence-corrected chi connectivity index (χ0v) is 15.2. The van der Waals surface area contributed by atoms with Crippen molar-refractivity contribution in [1.82, 2.24) is 5.32 Å². The number of aryl methyl sites for hydroxylation is 1. The average Bonchev–Trinajstić information content (AvgIpc) is 2.53. The summed E-state index contributed by atoms with van der Waals surface area (Å²) in [7, 11) is -3.91. The van der Waals surface area contributed by atoms with Gasteiger partial charge in [-0.15, -0.1) is 0 Å². The van der Waals surface area contributed by atoms with E-state index in [2.05, 4.69) is 10.6 Å². The van der Waals surface area contributed by atoms with E-state index in [1.807, 2.05) is 20.8 Å². The molecule has 0 saturated heterocycles. The summed E-state index contributed by atoms with van der Waals surface area (Å²) in [5, 5.41) is 5.47. The molecule has 0 radical (unpaired) electrons. The number of carbonyl (C=O) groups is 1. The van der Waals surface area contributed by atoms with E-state index in [0.29, 0.717) is 0 Å². The van der Waals surface area contributed by atoms with Crippen LogP contribution in [0.3, 0.4) is 0 Å². The van der Waals surface area contributed by atoms with E-state index in [1.165, 1.54) is 18.2 Å². The fourth-order valence-electron chi connectivity index (χ4n) is 2.26. The van der Waals surface area contributed by atoms with Gasteiger partial charge < -0.3 is 10.6 Å². The second kappa shape index (κ2) is 7.65. The van der Waals surface area contributed by atoms with Gasteiger partial charge in [-0.1, -0.05) is 17.7 Å². The molecule has 0 atom stereocenters. The van der Waals surface area contributed by atoms with Crippen LogP contribution < -0.4 is 10.6 Å². The normalized spacial score (nSPS) is 11.4. The molecule has 1 amide bonds. The molecule has 0 aromatic heterocycles. The smallest absolute Gasteiger partial charge is 0.239 e. The first-order chi connectivity index (χ1) is 11.7. The number of hydrogen-bond donors (Lipinski definition) is 2. The summed E-state index contributed by atoms with van der Waals surface area (Å²) in [6.45, 7) is 5.38. The Kier molecular flexibility index (Phi) is 5.79. The fraction of sp³-hybridized carbons (Fsp3) is 0.278. The Bertz CT molecular complexity index is 862. The number of benzene rings is 2. The van der Waals surface area contributed by atoms with Gasteiger partial charge in [0.05, 0.1) is 22.0 Å². The lowest BCUT2D eigenvalue weighted by Crippen LogP contribution is -2.35. The van der Waals surface area contributed by atoms with Gasteiger partial charge >= 0.3 is 0 Å². The van der Waals surface area contributed by atoms with Gasteiger partial charge in [-0.05, 0) is 51.1 Å². The van der Waals surface area contributed by atoms with Crippen LogP contribution in [0.1, 0.15) is 19.4 Å². The van der Waals surface area contributed by atoms with Crippen LogP contribution in [0.15, 0.2) is 52.3 Å². The minimum absolute atomic E-state index is 0.0294. The topological polar surface area (TPSA) is 75.3 Å². The number of carbonyl (C=O) groups excluding carboxylic acids is 1. The van der Waals surface area contributed by atoms with Crippen LogP contribution in [0.2, 0.25) is 0 Å². The Balaban J connectivity index is 2.35. The number of amides is 1. The highest BCUT2D eigenvalue weighted by molar-refractivity contribution is 7.91. The maximum Gasteiger partial charge on any atom is 0.239 e. The highest BCUT2D eigenvalue weighted by Crippen LogP contribution is 2.28. The zero-order chi connectivity index (χ0) is 18.6. The molecule has 0 unspecified atom stereocenters. The summed E-state index contributed by atoms with van der Waals surface area (Å²) < 4.78 is 39.3. The molecule has 0 aliphatic heterocycles. The summed E-state index contributed by atoms with van der Waals surface area (Å²) >= 11 is 0. The third-order valence-corrected chi connectivity index (χ3v) is 5.26. The van der Waals surface area contributed by atoms with Crippen LogP contribution in [-0.2, 0) is 14.6 Å². The van der Waals surface area contributed by atoms with Crippen LogP contribution in [0, 0.1) is 12.7 Å². The van der Waals surface area contributed by atoms with Crippen LogP contribution in [0.4, 0.5) is 10.1 Å². The Morgan fingerprint density at radius 3 is 2.36 bits per heavy atom. The van der Waals surface area contributed by atoms with Crippen molar-refractivity contribution in [2.24, 2.45) is 0 Å². The molecule has 0 bridgehead atoms. The minimum Gasteiger partial charge on any atom is -0.375 e. The predicted molar refractivity (Wildman–Crippen MR) is 94.8 cm³/mol. The van der Waals surface area contributed by atoms with Crippen molar-refractivity contribution >= 4 is 21.4 Å². The lowest BCUT2D eigenvalue weighted by molar-refractivity contribution is -0.119. The summed E-state index contributed by atoms with van der Waals surface area (Å²) in [6, 6.07) is 9.70. The van der Waals surface area contributed by atoms with E-state index in [-0.39, 0.29) is 34.0 Å². The Morgan fingerprint density at radius 2 is 1.76 bits per heavy atom. The lowest BCUT2D eigenvalue weighted by atomic mass is 10.2. The highest BCUT2D eigenvalue weighted by Gasteiger charge is 2.22. The molecule has 2 aromatic rings. The number of nitrogens with one attached hydrogen (secondary N) is 2. The maximum absolute atomic E-state index is 13.7. The van der Waals surface area contributed by atoms with Gasteiger partial charge in [-0.2, -0.15) is 0 Å². The van der Waals surface area contributed by atoms with Crippen molar-refractivity contribution < 1.29 is 17.6 Å². The summed E-state index contributed by atoms with van der Waals surface area (Å²) in [6.07, 6.45) is 0. The summed E-state index contributed by atoms with van der Waals surface area (Å²) in [5.74, 6) is -0.944. The molecule has 2 rings (SSSR count). The first-order valence-corrected chi connectivity index (χ1v) is 9.33. The van der Waals surface area contributed by atoms with Crippen LogP contribution in [0.5, 0.6) is 0 Å². The van der Waals surface area contributed by atoms with E-state index >= 15 is 0 Å². The van der Waals surface area contributed by atoms with Crippen molar-refractivity contribution in [1.29, 1.82) is 0 Å². The molecule has 134 valence electrons. The zero-order valence-electron chi connectivity index (χ0n) is 14.3. The molecule has 0 heterocycles. The van der Waals surface area contributed by atoms with Crippen LogP contribution >= 0.6 is 0 Å². The molecule has 2 N–H and O–H groups in total. The Morgan fingerprint density at radius 1 is 1.12 bits per heavy atom. The van der Waals surface area contributed by atoms with Gasteiger partial charge in [0.1, 0.15) is 5.82 Å². The van der Waals surface area contributed by atoms with Gasteiger partial charge in [0.2, 0.25) is 15.7 Å². The van der Waals surface area contributed by atoms with Gasteiger partial charge in [-0.25, -0.2) is 12.8 Å². The predicted octanol–water partition coefficient (Wildman–Crippen LogP) is 2.90. The number of rotatable bonds is 6. The van der Waals surface area contributed by atoms with Gasteiger partial charge in [0.15, 0.2) is 0 Å². The number of halogens is 1. The molecular weight excluding hydrogens is 343 g/mol. The van der Waals surface area contributed by atoms with E-state index in [0.717, 1.165) is 17.7 Å². The first-order valence-electron chi connectivity index (χ1n) is 7.84. The van der Waals surface area contributed by atoms with E-state index in [4.69, 9.17) is 0 Å². The largest absolute Gasteiger partial charge is 0.375 e. The van der Waals surface area contributed by atoms with Crippen molar-refractivity contribution in [2.75, 3.05) is 11.9 Å². The Labute approximate surface area is 147 Å². The van der Waals surface area contributed by atoms with Gasteiger partial charge in [-0.3, -0.25) is 4.79 Å². The molecule has 0 aliphatic rings. The molecule has 2 aromatic carbocycles. The SMILES string of the molecule is Cc1ccc(S(=O)(=O)c2cc(F)ccc2NCC(=O)NC(C)C)cc1. The van der Waals surface area contributed by atoms with E-state index < -0.39 is 15.7 Å². The second-order valence-corrected chi connectivity index (χ2v) is 7.95. The highest BCUT2D eigenvalue weighted by atomic mass is 32.2. The molecule has 0 saturated carbocycles. The number of sulfone groups is 1. The maximum atomic E-state index is 13.7. The molecule has 0 aliphatic carbocycles. The minimum atomic E-state index is -3.91. The standard InChI is InChI=1S/C18H21FN2O3S/c1-12(2)21-18(22)11-20-16-9-6-14(19)10-17(16)25(23,24)15-7-4-13(3)5-8-15/h4-10,12,20H,11H2,1-3H3,(H,21,22). The third kappa shape index (κ3) is 4.79. The van der Waals surface area contributed by atoms with Gasteiger partial charge in [0, 0.05) is 6.04 Å². The van der Waals surface area contributed by atoms with Gasteiger partial charge in [0.25, 0.3) is 0 Å². The van der Waals surface area contributed by atoms with Crippen molar-refractivity contribution in [3.8, 4) is 0 Å². The average molecular weight is 364 g/mol. The van der Waals surface area contributed by atoms with Crippen LogP contribution in [0.25, 0.3) is 0 Å². The summed E-state index contributed by atoms with van der Waals surface area (Å²) in [4.78, 5) is 11.6. The van der Waals surface area contributed by atoms with Crippen LogP contribution in [-0.4, -0.2) is 26.9 Å². The number of hydrogen-bond acceptors (Lipinski definition) is 4. The van der Waals surface area contributed by atoms with E-state index in [9.17, 15) is 17.6 Å². The molecule has 5 nitrogen and oxygen atoms in total. The van der Waals surface area contributed by atoms with Crippen molar-refractivity contribution in [2.45, 2.75) is 36.6 Å². The molecule has 0 fully saturated rings. The summed E-state index contributed by atoms with van der Waals surface area (Å²) in [5.41, 5.74) is 1.10. The molecule has 0 spiro atoms. The Hall–Kier alpha value is -2.41. The third-order valence-electron chi connectivity index (χ3n) is 3.45.